The maximum atomic E-state index is 5.84. The molecular weight excluding hydrogens is 274 g/mol. The fraction of sp³-hybridized carbons (Fsp3) is 0.667. The number of hydrogen-bond acceptors (Lipinski definition) is 4. The van der Waals surface area contributed by atoms with Crippen LogP contribution in [0.15, 0.2) is 18.3 Å². The summed E-state index contributed by atoms with van der Waals surface area (Å²) in [5.41, 5.74) is 0. The van der Waals surface area contributed by atoms with Crippen molar-refractivity contribution >= 4 is 17.4 Å². The minimum absolute atomic E-state index is 0.424. The van der Waals surface area contributed by atoms with Crippen LogP contribution in [0.2, 0.25) is 5.02 Å². The second kappa shape index (κ2) is 7.81. The Balaban J connectivity index is 1.72. The molecule has 1 saturated carbocycles. The summed E-state index contributed by atoms with van der Waals surface area (Å²) in [5.74, 6) is 0.915. The first-order chi connectivity index (χ1) is 9.67. The molecule has 4 nitrogen and oxygen atoms in total. The van der Waals surface area contributed by atoms with E-state index < -0.39 is 0 Å². The number of ether oxygens (including phenoxy) is 1. The largest absolute Gasteiger partial charge is 0.383 e. The van der Waals surface area contributed by atoms with Gasteiger partial charge in [-0.25, -0.2) is 4.98 Å². The van der Waals surface area contributed by atoms with E-state index in [1.54, 1.807) is 13.3 Å². The number of anilines is 1. The SMILES string of the molecule is COC[C@@H](C)NC1CCC(Nc2ccc(Cl)cn2)CC1. The van der Waals surface area contributed by atoms with Gasteiger partial charge in [-0.05, 0) is 44.7 Å². The molecule has 0 bridgehead atoms. The van der Waals surface area contributed by atoms with Gasteiger partial charge in [-0.15, -0.1) is 0 Å². The van der Waals surface area contributed by atoms with E-state index in [0.29, 0.717) is 23.1 Å². The third kappa shape index (κ3) is 4.93. The fourth-order valence-corrected chi connectivity index (χ4v) is 2.89. The van der Waals surface area contributed by atoms with Gasteiger partial charge in [0.25, 0.3) is 0 Å². The van der Waals surface area contributed by atoms with Crippen molar-refractivity contribution in [2.45, 2.75) is 50.7 Å². The molecule has 0 amide bonds. The van der Waals surface area contributed by atoms with Gasteiger partial charge in [-0.1, -0.05) is 11.6 Å². The smallest absolute Gasteiger partial charge is 0.126 e. The molecule has 0 spiro atoms. The summed E-state index contributed by atoms with van der Waals surface area (Å²) in [6.45, 7) is 2.94. The number of aromatic nitrogens is 1. The molecule has 0 radical (unpaired) electrons. The lowest BCUT2D eigenvalue weighted by Gasteiger charge is -2.31. The number of methoxy groups -OCH3 is 1. The minimum Gasteiger partial charge on any atom is -0.383 e. The lowest BCUT2D eigenvalue weighted by molar-refractivity contribution is 0.161. The maximum absolute atomic E-state index is 5.84. The average Bonchev–Trinajstić information content (AvgIpc) is 2.44. The van der Waals surface area contributed by atoms with Crippen molar-refractivity contribution in [1.29, 1.82) is 0 Å². The number of hydrogen-bond donors (Lipinski definition) is 2. The second-order valence-electron chi connectivity index (χ2n) is 5.58. The molecule has 1 heterocycles. The molecule has 1 aromatic heterocycles. The van der Waals surface area contributed by atoms with Gasteiger partial charge in [-0.3, -0.25) is 0 Å². The summed E-state index contributed by atoms with van der Waals surface area (Å²) in [6.07, 6.45) is 6.41. The van der Waals surface area contributed by atoms with E-state index in [2.05, 4.69) is 22.5 Å². The zero-order valence-electron chi connectivity index (χ0n) is 12.2. The fourth-order valence-electron chi connectivity index (χ4n) is 2.78. The highest BCUT2D eigenvalue weighted by atomic mass is 35.5. The van der Waals surface area contributed by atoms with Crippen molar-refractivity contribution in [2.24, 2.45) is 0 Å². The molecule has 1 aliphatic rings. The van der Waals surface area contributed by atoms with E-state index in [1.807, 2.05) is 12.1 Å². The Hall–Kier alpha value is -0.840. The van der Waals surface area contributed by atoms with Gasteiger partial charge in [0.1, 0.15) is 5.82 Å². The summed E-state index contributed by atoms with van der Waals surface area (Å²) < 4.78 is 5.16. The van der Waals surface area contributed by atoms with Crippen molar-refractivity contribution in [3.8, 4) is 0 Å². The molecule has 0 unspecified atom stereocenters. The summed E-state index contributed by atoms with van der Waals surface area (Å²) in [6, 6.07) is 5.35. The molecule has 0 saturated heterocycles. The number of halogens is 1. The van der Waals surface area contributed by atoms with E-state index in [9.17, 15) is 0 Å². The van der Waals surface area contributed by atoms with Crippen molar-refractivity contribution in [3.05, 3.63) is 23.4 Å². The molecule has 1 atom stereocenters. The highest BCUT2D eigenvalue weighted by Gasteiger charge is 2.22. The van der Waals surface area contributed by atoms with Gasteiger partial charge in [0, 0.05) is 31.4 Å². The van der Waals surface area contributed by atoms with E-state index in [0.717, 1.165) is 12.4 Å². The van der Waals surface area contributed by atoms with Crippen LogP contribution in [-0.4, -0.2) is 36.8 Å². The summed E-state index contributed by atoms with van der Waals surface area (Å²) in [7, 11) is 1.75. The van der Waals surface area contributed by atoms with E-state index >= 15 is 0 Å². The number of nitrogens with one attached hydrogen (secondary N) is 2. The Morgan fingerprint density at radius 2 is 2.00 bits per heavy atom. The van der Waals surface area contributed by atoms with Gasteiger partial charge in [0.2, 0.25) is 0 Å². The lowest BCUT2D eigenvalue weighted by atomic mass is 9.90. The normalized spacial score (nSPS) is 24.4. The topological polar surface area (TPSA) is 46.2 Å². The summed E-state index contributed by atoms with van der Waals surface area (Å²) in [5, 5.41) is 7.79. The molecule has 1 aromatic rings. The van der Waals surface area contributed by atoms with Crippen molar-refractivity contribution in [3.63, 3.8) is 0 Å². The Bertz CT molecular complexity index is 391. The van der Waals surface area contributed by atoms with Crippen LogP contribution >= 0.6 is 11.6 Å². The first kappa shape index (κ1) is 15.5. The predicted octanol–water partition coefficient (Wildman–Crippen LogP) is 3.08. The number of rotatable bonds is 6. The number of nitrogens with zero attached hydrogens (tertiary/aromatic N) is 1. The molecule has 1 aliphatic carbocycles. The quantitative estimate of drug-likeness (QED) is 0.847. The summed E-state index contributed by atoms with van der Waals surface area (Å²) in [4.78, 5) is 4.29. The van der Waals surface area contributed by atoms with Crippen LogP contribution in [0.1, 0.15) is 32.6 Å². The highest BCUT2D eigenvalue weighted by molar-refractivity contribution is 6.30. The predicted molar refractivity (Wildman–Crippen MR) is 83.4 cm³/mol. The molecule has 0 aliphatic heterocycles. The zero-order valence-corrected chi connectivity index (χ0v) is 13.0. The standard InChI is InChI=1S/C15H24ClN3O/c1-11(10-20-2)18-13-4-6-14(7-5-13)19-15-8-3-12(16)9-17-15/h3,8-9,11,13-14,18H,4-7,10H2,1-2H3,(H,17,19)/t11-,13?,14?/m1/s1. The Morgan fingerprint density at radius 1 is 1.30 bits per heavy atom. The van der Waals surface area contributed by atoms with Crippen LogP contribution in [0.4, 0.5) is 5.82 Å². The molecule has 0 aromatic carbocycles. The van der Waals surface area contributed by atoms with E-state index in [1.165, 1.54) is 25.7 Å². The van der Waals surface area contributed by atoms with Crippen LogP contribution in [0, 0.1) is 0 Å². The second-order valence-corrected chi connectivity index (χ2v) is 6.01. The van der Waals surface area contributed by atoms with Crippen LogP contribution < -0.4 is 10.6 Å². The van der Waals surface area contributed by atoms with Crippen LogP contribution in [0.5, 0.6) is 0 Å². The van der Waals surface area contributed by atoms with Crippen molar-refractivity contribution in [1.82, 2.24) is 10.3 Å². The Morgan fingerprint density at radius 3 is 2.60 bits per heavy atom. The van der Waals surface area contributed by atoms with Gasteiger partial charge >= 0.3 is 0 Å². The zero-order chi connectivity index (χ0) is 14.4. The lowest BCUT2D eigenvalue weighted by Crippen LogP contribution is -2.42. The minimum atomic E-state index is 0.424. The molecular formula is C15H24ClN3O. The average molecular weight is 298 g/mol. The third-order valence-electron chi connectivity index (χ3n) is 3.74. The monoisotopic (exact) mass is 297 g/mol. The Kier molecular flexibility index (Phi) is 6.07. The van der Waals surface area contributed by atoms with Crippen LogP contribution in [0.25, 0.3) is 0 Å². The molecule has 2 rings (SSSR count). The molecule has 5 heteroatoms. The molecule has 20 heavy (non-hydrogen) atoms. The Labute approximate surface area is 126 Å². The van der Waals surface area contributed by atoms with Gasteiger partial charge < -0.3 is 15.4 Å². The van der Waals surface area contributed by atoms with Crippen LogP contribution in [-0.2, 0) is 4.74 Å². The van der Waals surface area contributed by atoms with Gasteiger partial charge in [0.15, 0.2) is 0 Å². The first-order valence-corrected chi connectivity index (χ1v) is 7.68. The van der Waals surface area contributed by atoms with E-state index in [-0.39, 0.29) is 0 Å². The van der Waals surface area contributed by atoms with Crippen molar-refractivity contribution in [2.75, 3.05) is 19.0 Å². The summed E-state index contributed by atoms with van der Waals surface area (Å²) >= 11 is 5.84. The van der Waals surface area contributed by atoms with E-state index in [4.69, 9.17) is 16.3 Å². The first-order valence-electron chi connectivity index (χ1n) is 7.30. The van der Waals surface area contributed by atoms with Crippen molar-refractivity contribution < 1.29 is 4.74 Å². The molecule has 112 valence electrons. The number of pyridine rings is 1. The highest BCUT2D eigenvalue weighted by Crippen LogP contribution is 2.22. The van der Waals surface area contributed by atoms with Crippen LogP contribution in [0.3, 0.4) is 0 Å². The molecule has 2 N–H and O–H groups in total. The van der Waals surface area contributed by atoms with Gasteiger partial charge in [0.05, 0.1) is 11.6 Å². The maximum Gasteiger partial charge on any atom is 0.126 e. The van der Waals surface area contributed by atoms with Gasteiger partial charge in [-0.2, -0.15) is 0 Å². The molecule has 1 fully saturated rings. The third-order valence-corrected chi connectivity index (χ3v) is 3.97.